The third-order valence-corrected chi connectivity index (χ3v) is 3.33. The van der Waals surface area contributed by atoms with Crippen molar-refractivity contribution in [3.8, 4) is 0 Å². The van der Waals surface area contributed by atoms with Crippen molar-refractivity contribution in [2.75, 3.05) is 24.4 Å². The summed E-state index contributed by atoms with van der Waals surface area (Å²) >= 11 is 0. The fraction of sp³-hybridized carbons (Fsp3) is 0.188. The molecule has 0 bridgehead atoms. The number of anilines is 2. The number of halogens is 3. The Morgan fingerprint density at radius 3 is 2.32 bits per heavy atom. The van der Waals surface area contributed by atoms with Crippen LogP contribution in [0.5, 0.6) is 0 Å². The van der Waals surface area contributed by atoms with Gasteiger partial charge in [0.05, 0.1) is 16.7 Å². The van der Waals surface area contributed by atoms with Gasteiger partial charge >= 0.3 is 6.18 Å². The molecule has 0 spiro atoms. The SMILES string of the molecule is CN(C)c1ccc(/C=N/Nc2ccc(C(F)(F)F)cc2[N+](=O)[O-])cc1. The minimum absolute atomic E-state index is 0.126. The molecule has 0 amide bonds. The van der Waals surface area contributed by atoms with E-state index in [1.54, 1.807) is 12.1 Å². The molecule has 6 nitrogen and oxygen atoms in total. The summed E-state index contributed by atoms with van der Waals surface area (Å²) in [5, 5.41) is 14.8. The second-order valence-corrected chi connectivity index (χ2v) is 5.34. The molecule has 0 aliphatic heterocycles. The first-order valence-electron chi connectivity index (χ1n) is 7.10. The number of nitrogens with one attached hydrogen (secondary N) is 1. The minimum Gasteiger partial charge on any atom is -0.378 e. The highest BCUT2D eigenvalue weighted by Gasteiger charge is 2.33. The second-order valence-electron chi connectivity index (χ2n) is 5.34. The maximum Gasteiger partial charge on any atom is 0.416 e. The fourth-order valence-electron chi connectivity index (χ4n) is 1.99. The zero-order valence-electron chi connectivity index (χ0n) is 13.4. The summed E-state index contributed by atoms with van der Waals surface area (Å²) in [6.45, 7) is 0. The van der Waals surface area contributed by atoms with E-state index < -0.39 is 22.4 Å². The molecule has 9 heteroatoms. The quantitative estimate of drug-likeness (QED) is 0.499. The first-order chi connectivity index (χ1) is 11.7. The van der Waals surface area contributed by atoms with Gasteiger partial charge in [-0.1, -0.05) is 12.1 Å². The predicted octanol–water partition coefficient (Wildman–Crippen LogP) is 4.13. The first-order valence-corrected chi connectivity index (χ1v) is 7.10. The van der Waals surface area contributed by atoms with Crippen LogP contribution in [0.1, 0.15) is 11.1 Å². The van der Waals surface area contributed by atoms with Gasteiger partial charge in [-0.15, -0.1) is 0 Å². The molecule has 132 valence electrons. The Morgan fingerprint density at radius 1 is 1.16 bits per heavy atom. The van der Waals surface area contributed by atoms with E-state index >= 15 is 0 Å². The van der Waals surface area contributed by atoms with E-state index in [0.717, 1.165) is 23.4 Å². The van der Waals surface area contributed by atoms with E-state index in [1.165, 1.54) is 6.21 Å². The predicted molar refractivity (Wildman–Crippen MR) is 90.1 cm³/mol. The molecule has 0 radical (unpaired) electrons. The van der Waals surface area contributed by atoms with Crippen molar-refractivity contribution in [3.05, 3.63) is 63.7 Å². The molecular weight excluding hydrogens is 337 g/mol. The molecule has 0 fully saturated rings. The highest BCUT2D eigenvalue weighted by Crippen LogP contribution is 2.34. The minimum atomic E-state index is -4.65. The molecule has 1 N–H and O–H groups in total. The van der Waals surface area contributed by atoms with Gasteiger partial charge in [0.1, 0.15) is 5.69 Å². The number of hydrazone groups is 1. The summed E-state index contributed by atoms with van der Waals surface area (Å²) < 4.78 is 37.9. The number of hydrogen-bond donors (Lipinski definition) is 1. The molecule has 0 atom stereocenters. The summed E-state index contributed by atoms with van der Waals surface area (Å²) in [4.78, 5) is 12.0. The number of nitro groups is 1. The van der Waals surface area contributed by atoms with Crippen LogP contribution in [-0.4, -0.2) is 25.2 Å². The first kappa shape index (κ1) is 18.2. The number of alkyl halides is 3. The molecule has 0 aromatic heterocycles. The van der Waals surface area contributed by atoms with Crippen LogP contribution in [0.4, 0.5) is 30.2 Å². The van der Waals surface area contributed by atoms with Gasteiger partial charge in [0.15, 0.2) is 0 Å². The lowest BCUT2D eigenvalue weighted by molar-refractivity contribution is -0.384. The van der Waals surface area contributed by atoms with Crippen molar-refractivity contribution in [1.29, 1.82) is 0 Å². The smallest absolute Gasteiger partial charge is 0.378 e. The molecular formula is C16H15F3N4O2. The molecule has 25 heavy (non-hydrogen) atoms. The van der Waals surface area contributed by atoms with Crippen LogP contribution in [0.15, 0.2) is 47.6 Å². The second kappa shape index (κ2) is 7.20. The van der Waals surface area contributed by atoms with Crippen LogP contribution in [-0.2, 0) is 6.18 Å². The van der Waals surface area contributed by atoms with Gasteiger partial charge in [-0.05, 0) is 29.8 Å². The highest BCUT2D eigenvalue weighted by molar-refractivity contribution is 5.81. The van der Waals surface area contributed by atoms with Crippen LogP contribution >= 0.6 is 0 Å². The van der Waals surface area contributed by atoms with Crippen LogP contribution in [0.3, 0.4) is 0 Å². The van der Waals surface area contributed by atoms with Gasteiger partial charge in [-0.2, -0.15) is 18.3 Å². The highest BCUT2D eigenvalue weighted by atomic mass is 19.4. The molecule has 2 aromatic carbocycles. The number of hydrogen-bond acceptors (Lipinski definition) is 5. The topological polar surface area (TPSA) is 70.8 Å². The van der Waals surface area contributed by atoms with E-state index in [4.69, 9.17) is 0 Å². The van der Waals surface area contributed by atoms with Crippen molar-refractivity contribution < 1.29 is 18.1 Å². The van der Waals surface area contributed by atoms with E-state index in [9.17, 15) is 23.3 Å². The maximum atomic E-state index is 12.6. The number of nitro benzene ring substituents is 1. The molecule has 2 aromatic rings. The van der Waals surface area contributed by atoms with Gasteiger partial charge in [-0.25, -0.2) is 0 Å². The van der Waals surface area contributed by atoms with Gasteiger partial charge < -0.3 is 4.90 Å². The summed E-state index contributed by atoms with van der Waals surface area (Å²) in [6, 6.07) is 9.53. The normalized spacial score (nSPS) is 11.6. The lowest BCUT2D eigenvalue weighted by Crippen LogP contribution is -2.08. The number of benzene rings is 2. The van der Waals surface area contributed by atoms with Crippen LogP contribution in [0.2, 0.25) is 0 Å². The van der Waals surface area contributed by atoms with E-state index in [2.05, 4.69) is 10.5 Å². The standard InChI is InChI=1S/C16H15F3N4O2/c1-22(2)13-6-3-11(4-7-13)10-20-21-14-8-5-12(16(17,18)19)9-15(14)23(24)25/h3-10,21H,1-2H3/b20-10+. The van der Waals surface area contributed by atoms with Crippen LogP contribution < -0.4 is 10.3 Å². The third-order valence-electron chi connectivity index (χ3n) is 3.33. The summed E-state index contributed by atoms with van der Waals surface area (Å²) in [5.74, 6) is 0. The Balaban J connectivity index is 2.18. The number of nitrogens with zero attached hydrogens (tertiary/aromatic N) is 3. The lowest BCUT2D eigenvalue weighted by Gasteiger charge is -2.11. The monoisotopic (exact) mass is 352 g/mol. The molecule has 0 saturated heterocycles. The Hall–Kier alpha value is -3.10. The van der Waals surface area contributed by atoms with Crippen molar-refractivity contribution in [2.24, 2.45) is 5.10 Å². The van der Waals surface area contributed by atoms with Gasteiger partial charge in [0, 0.05) is 25.8 Å². The average Bonchev–Trinajstić information content (AvgIpc) is 2.54. The van der Waals surface area contributed by atoms with Crippen molar-refractivity contribution >= 4 is 23.3 Å². The Morgan fingerprint density at radius 2 is 1.80 bits per heavy atom. The average molecular weight is 352 g/mol. The zero-order valence-corrected chi connectivity index (χ0v) is 13.4. The molecule has 0 aliphatic rings. The molecule has 0 aliphatic carbocycles. The Kier molecular flexibility index (Phi) is 5.26. The summed E-state index contributed by atoms with van der Waals surface area (Å²) in [5.41, 5.74) is 2.21. The van der Waals surface area contributed by atoms with E-state index in [0.29, 0.717) is 6.07 Å². The summed E-state index contributed by atoms with van der Waals surface area (Å²) in [7, 11) is 3.79. The molecule has 0 heterocycles. The largest absolute Gasteiger partial charge is 0.416 e. The molecule has 0 saturated carbocycles. The van der Waals surface area contributed by atoms with Crippen molar-refractivity contribution in [2.45, 2.75) is 6.18 Å². The fourth-order valence-corrected chi connectivity index (χ4v) is 1.99. The number of rotatable bonds is 5. The van der Waals surface area contributed by atoms with Crippen LogP contribution in [0, 0.1) is 10.1 Å². The Bertz CT molecular complexity index is 787. The summed E-state index contributed by atoms with van der Waals surface area (Å²) in [6.07, 6.45) is -3.23. The van der Waals surface area contributed by atoms with Gasteiger partial charge in [0.25, 0.3) is 5.69 Å². The van der Waals surface area contributed by atoms with E-state index in [1.807, 2.05) is 31.1 Å². The van der Waals surface area contributed by atoms with Crippen LogP contribution in [0.25, 0.3) is 0 Å². The maximum absolute atomic E-state index is 12.6. The zero-order chi connectivity index (χ0) is 18.6. The lowest BCUT2D eigenvalue weighted by atomic mass is 10.1. The van der Waals surface area contributed by atoms with Crippen molar-refractivity contribution in [1.82, 2.24) is 0 Å². The van der Waals surface area contributed by atoms with Crippen molar-refractivity contribution in [3.63, 3.8) is 0 Å². The van der Waals surface area contributed by atoms with Gasteiger partial charge in [0.2, 0.25) is 0 Å². The Labute approximate surface area is 141 Å². The van der Waals surface area contributed by atoms with E-state index in [-0.39, 0.29) is 5.69 Å². The molecule has 0 unspecified atom stereocenters. The third kappa shape index (κ3) is 4.69. The van der Waals surface area contributed by atoms with Gasteiger partial charge in [-0.3, -0.25) is 15.5 Å². The molecule has 2 rings (SSSR count).